The van der Waals surface area contributed by atoms with E-state index in [1.54, 1.807) is 0 Å². The van der Waals surface area contributed by atoms with E-state index < -0.39 is 5.97 Å². The van der Waals surface area contributed by atoms with Gasteiger partial charge >= 0.3 is 5.97 Å². The Morgan fingerprint density at radius 1 is 1.15 bits per heavy atom. The van der Waals surface area contributed by atoms with Crippen LogP contribution in [0.2, 0.25) is 0 Å². The molecule has 4 rings (SSSR count). The highest BCUT2D eigenvalue weighted by Crippen LogP contribution is 2.42. The van der Waals surface area contributed by atoms with Crippen LogP contribution in [0.4, 0.5) is 0 Å². The fourth-order valence-electron chi connectivity index (χ4n) is 5.24. The van der Waals surface area contributed by atoms with Crippen molar-refractivity contribution in [2.45, 2.75) is 85.1 Å². The smallest absolute Gasteiger partial charge is 0.306 e. The van der Waals surface area contributed by atoms with Crippen molar-refractivity contribution in [1.82, 2.24) is 4.57 Å². The molecule has 0 spiro atoms. The van der Waals surface area contributed by atoms with Gasteiger partial charge in [0.15, 0.2) is 0 Å². The predicted molar refractivity (Wildman–Crippen MR) is 138 cm³/mol. The lowest BCUT2D eigenvalue weighted by Crippen LogP contribution is -2.25. The van der Waals surface area contributed by atoms with Crippen molar-refractivity contribution in [3.05, 3.63) is 56.2 Å². The number of thiophene rings is 1. The normalized spacial score (nSPS) is 14.4. The van der Waals surface area contributed by atoms with Crippen LogP contribution < -0.4 is 5.56 Å². The van der Waals surface area contributed by atoms with Crippen molar-refractivity contribution in [1.29, 1.82) is 0 Å². The number of hydrogen-bond donors (Lipinski definition) is 1. The highest BCUT2D eigenvalue weighted by molar-refractivity contribution is 7.19. The highest BCUT2D eigenvalue weighted by Gasteiger charge is 2.26. The van der Waals surface area contributed by atoms with Gasteiger partial charge in [0.2, 0.25) is 0 Å². The van der Waals surface area contributed by atoms with Gasteiger partial charge in [-0.05, 0) is 75.8 Å². The van der Waals surface area contributed by atoms with Gasteiger partial charge in [-0.15, -0.1) is 11.3 Å². The lowest BCUT2D eigenvalue weighted by Gasteiger charge is -2.18. The van der Waals surface area contributed by atoms with Crippen molar-refractivity contribution in [3.8, 4) is 11.1 Å². The minimum Gasteiger partial charge on any atom is -0.481 e. The van der Waals surface area contributed by atoms with Crippen molar-refractivity contribution in [2.75, 3.05) is 0 Å². The largest absolute Gasteiger partial charge is 0.481 e. The van der Waals surface area contributed by atoms with Gasteiger partial charge in [-0.1, -0.05) is 43.7 Å². The maximum atomic E-state index is 13.9. The van der Waals surface area contributed by atoms with E-state index in [2.05, 4.69) is 38.1 Å². The number of carboxylic acids is 1. The number of nitrogens with zero attached hydrogens (tertiary/aromatic N) is 1. The Bertz CT molecular complexity index is 1200. The standard InChI is InChI=1S/C28H35NO3S/c1-4-17-29-26(30)22(11-8-9-19(5-2)28(31)32)24(20-15-13-18(3)14-16-20)25-21-10-6-7-12-23(21)33-27(25)29/h13-16,19H,4-12,17H2,1-3H3,(H,31,32). The fraction of sp³-hybridized carbons (Fsp3) is 0.500. The summed E-state index contributed by atoms with van der Waals surface area (Å²) in [5.74, 6) is -1.08. The molecule has 1 N–H and O–H groups in total. The van der Waals surface area contributed by atoms with E-state index in [0.29, 0.717) is 25.7 Å². The molecule has 1 aliphatic rings. The second kappa shape index (κ2) is 10.3. The van der Waals surface area contributed by atoms with E-state index in [-0.39, 0.29) is 11.5 Å². The number of pyridine rings is 1. The van der Waals surface area contributed by atoms with E-state index in [9.17, 15) is 14.7 Å². The van der Waals surface area contributed by atoms with Crippen LogP contribution in [0.3, 0.4) is 0 Å². The van der Waals surface area contributed by atoms with Gasteiger partial charge in [0.05, 0.1) is 5.92 Å². The molecule has 0 bridgehead atoms. The lowest BCUT2D eigenvalue weighted by molar-refractivity contribution is -0.142. The summed E-state index contributed by atoms with van der Waals surface area (Å²) in [5, 5.41) is 10.8. The lowest BCUT2D eigenvalue weighted by atomic mass is 9.88. The third kappa shape index (κ3) is 4.65. The van der Waals surface area contributed by atoms with E-state index >= 15 is 0 Å². The van der Waals surface area contributed by atoms with Gasteiger partial charge in [0, 0.05) is 27.9 Å². The number of hydrogen-bond acceptors (Lipinski definition) is 3. The van der Waals surface area contributed by atoms with Gasteiger partial charge in [-0.25, -0.2) is 0 Å². The summed E-state index contributed by atoms with van der Waals surface area (Å²) in [6, 6.07) is 8.55. The SMILES string of the molecule is CCCn1c(=O)c(CCCC(CC)C(=O)O)c(-c2ccc(C)cc2)c2c3c(sc21)CCCC3. The predicted octanol–water partition coefficient (Wildman–Crippen LogP) is 6.76. The topological polar surface area (TPSA) is 59.3 Å². The first-order chi connectivity index (χ1) is 16.0. The molecule has 176 valence electrons. The molecule has 2 aromatic heterocycles. The number of aryl methyl sites for hydroxylation is 4. The average Bonchev–Trinajstić information content (AvgIpc) is 3.19. The molecular formula is C28H35NO3S. The molecule has 1 atom stereocenters. The minimum absolute atomic E-state index is 0.113. The molecule has 2 heterocycles. The Morgan fingerprint density at radius 3 is 2.55 bits per heavy atom. The Kier molecular flexibility index (Phi) is 7.38. The summed E-state index contributed by atoms with van der Waals surface area (Å²) >= 11 is 1.82. The average molecular weight is 466 g/mol. The summed E-state index contributed by atoms with van der Waals surface area (Å²) in [6.07, 6.45) is 8.08. The highest BCUT2D eigenvalue weighted by atomic mass is 32.1. The molecule has 1 unspecified atom stereocenters. The molecule has 1 aliphatic carbocycles. The van der Waals surface area contributed by atoms with Gasteiger partial charge in [0.25, 0.3) is 5.56 Å². The van der Waals surface area contributed by atoms with Crippen molar-refractivity contribution >= 4 is 27.5 Å². The fourth-order valence-corrected chi connectivity index (χ4v) is 6.66. The molecule has 1 aromatic carbocycles. The summed E-state index contributed by atoms with van der Waals surface area (Å²) in [5.41, 5.74) is 5.84. The molecular weight excluding hydrogens is 430 g/mol. The van der Waals surface area contributed by atoms with Crippen LogP contribution >= 0.6 is 11.3 Å². The number of carbonyl (C=O) groups is 1. The van der Waals surface area contributed by atoms with Crippen LogP contribution in [0.15, 0.2) is 29.1 Å². The molecule has 3 aromatic rings. The van der Waals surface area contributed by atoms with Gasteiger partial charge in [-0.2, -0.15) is 0 Å². The first-order valence-electron chi connectivity index (χ1n) is 12.5. The van der Waals surface area contributed by atoms with E-state index in [0.717, 1.165) is 47.3 Å². The third-order valence-electron chi connectivity index (χ3n) is 7.06. The molecule has 4 nitrogen and oxygen atoms in total. The maximum Gasteiger partial charge on any atom is 0.306 e. The second-order valence-electron chi connectivity index (χ2n) is 9.40. The van der Waals surface area contributed by atoms with E-state index in [1.807, 2.05) is 22.8 Å². The van der Waals surface area contributed by atoms with Crippen LogP contribution in [0, 0.1) is 12.8 Å². The summed E-state index contributed by atoms with van der Waals surface area (Å²) in [6.45, 7) is 6.86. The Morgan fingerprint density at radius 2 is 1.88 bits per heavy atom. The summed E-state index contributed by atoms with van der Waals surface area (Å²) in [7, 11) is 0. The van der Waals surface area contributed by atoms with Crippen LogP contribution in [-0.4, -0.2) is 15.6 Å². The van der Waals surface area contributed by atoms with E-state index in [1.165, 1.54) is 34.2 Å². The molecule has 33 heavy (non-hydrogen) atoms. The van der Waals surface area contributed by atoms with Crippen molar-refractivity contribution < 1.29 is 9.90 Å². The van der Waals surface area contributed by atoms with Crippen molar-refractivity contribution in [3.63, 3.8) is 0 Å². The number of fused-ring (bicyclic) bond motifs is 3. The van der Waals surface area contributed by atoms with Gasteiger partial charge in [-0.3, -0.25) is 14.2 Å². The number of rotatable bonds is 9. The molecule has 0 saturated heterocycles. The molecule has 0 saturated carbocycles. The molecule has 0 amide bonds. The van der Waals surface area contributed by atoms with Gasteiger partial charge < -0.3 is 5.11 Å². The first kappa shape index (κ1) is 23.7. The number of aromatic nitrogens is 1. The van der Waals surface area contributed by atoms with Crippen molar-refractivity contribution in [2.24, 2.45) is 5.92 Å². The van der Waals surface area contributed by atoms with Crippen LogP contribution in [0.1, 0.15) is 73.9 Å². The molecule has 0 radical (unpaired) electrons. The van der Waals surface area contributed by atoms with Crippen LogP contribution in [0.5, 0.6) is 0 Å². The minimum atomic E-state index is -0.734. The zero-order valence-corrected chi connectivity index (χ0v) is 20.9. The summed E-state index contributed by atoms with van der Waals surface area (Å²) < 4.78 is 2.01. The summed E-state index contributed by atoms with van der Waals surface area (Å²) in [4.78, 5) is 28.0. The maximum absolute atomic E-state index is 13.9. The monoisotopic (exact) mass is 465 g/mol. The van der Waals surface area contributed by atoms with Gasteiger partial charge in [0.1, 0.15) is 4.83 Å². The van der Waals surface area contributed by atoms with E-state index in [4.69, 9.17) is 0 Å². The molecule has 0 aliphatic heterocycles. The quantitative estimate of drug-likeness (QED) is 0.380. The van der Waals surface area contributed by atoms with Crippen LogP contribution in [-0.2, 0) is 30.6 Å². The zero-order valence-electron chi connectivity index (χ0n) is 20.1. The molecule has 0 fully saturated rings. The number of carboxylic acid groups (broad SMARTS) is 1. The molecule has 5 heteroatoms. The Hall–Kier alpha value is -2.40. The second-order valence-corrected chi connectivity index (χ2v) is 10.5. The Labute approximate surface area is 200 Å². The first-order valence-corrected chi connectivity index (χ1v) is 13.3. The zero-order chi connectivity index (χ0) is 23.5. The van der Waals surface area contributed by atoms with Crippen LogP contribution in [0.25, 0.3) is 21.3 Å². The number of benzene rings is 1. The Balaban J connectivity index is 1.92. The number of aliphatic carboxylic acids is 1. The third-order valence-corrected chi connectivity index (χ3v) is 8.38.